The molecule has 0 aliphatic carbocycles. The SMILES string of the molecule is C=CCC(N)c1ccccc1-c1nc2ccccc2o1. The number of hydrogen-bond donors (Lipinski definition) is 1. The Bertz CT molecular complexity index is 712. The van der Waals surface area contributed by atoms with Crippen molar-refractivity contribution in [3.8, 4) is 11.5 Å². The van der Waals surface area contributed by atoms with Gasteiger partial charge < -0.3 is 10.2 Å². The maximum Gasteiger partial charge on any atom is 0.227 e. The number of benzene rings is 2. The fourth-order valence-electron chi connectivity index (χ4n) is 2.31. The first-order valence-corrected chi connectivity index (χ1v) is 6.61. The molecule has 1 heterocycles. The lowest BCUT2D eigenvalue weighted by atomic mass is 9.98. The summed E-state index contributed by atoms with van der Waals surface area (Å²) in [5.74, 6) is 0.612. The van der Waals surface area contributed by atoms with Crippen molar-refractivity contribution in [3.05, 3.63) is 66.7 Å². The summed E-state index contributed by atoms with van der Waals surface area (Å²) < 4.78 is 5.83. The summed E-state index contributed by atoms with van der Waals surface area (Å²) in [6.45, 7) is 3.74. The zero-order valence-electron chi connectivity index (χ0n) is 11.1. The van der Waals surface area contributed by atoms with Crippen molar-refractivity contribution in [2.45, 2.75) is 12.5 Å². The molecule has 0 saturated carbocycles. The van der Waals surface area contributed by atoms with E-state index in [4.69, 9.17) is 10.2 Å². The summed E-state index contributed by atoms with van der Waals surface area (Å²) in [6.07, 6.45) is 2.55. The Labute approximate surface area is 117 Å². The molecule has 0 bridgehead atoms. The van der Waals surface area contributed by atoms with Gasteiger partial charge in [0, 0.05) is 11.6 Å². The molecule has 0 saturated heterocycles. The van der Waals surface area contributed by atoms with Crippen LogP contribution in [0.1, 0.15) is 18.0 Å². The van der Waals surface area contributed by atoms with Crippen LogP contribution in [0.4, 0.5) is 0 Å². The van der Waals surface area contributed by atoms with Crippen molar-refractivity contribution in [1.82, 2.24) is 4.98 Å². The van der Waals surface area contributed by atoms with Gasteiger partial charge in [0.15, 0.2) is 5.58 Å². The fourth-order valence-corrected chi connectivity index (χ4v) is 2.31. The molecule has 1 aromatic heterocycles. The van der Waals surface area contributed by atoms with E-state index in [1.165, 1.54) is 0 Å². The lowest BCUT2D eigenvalue weighted by Crippen LogP contribution is -2.10. The number of para-hydroxylation sites is 2. The van der Waals surface area contributed by atoms with Crippen LogP contribution in [0.2, 0.25) is 0 Å². The van der Waals surface area contributed by atoms with E-state index in [1.807, 2.05) is 54.6 Å². The van der Waals surface area contributed by atoms with Crippen molar-refractivity contribution in [2.24, 2.45) is 5.73 Å². The van der Waals surface area contributed by atoms with E-state index < -0.39 is 0 Å². The predicted octanol–water partition coefficient (Wildman–Crippen LogP) is 4.07. The Morgan fingerprint density at radius 1 is 1.15 bits per heavy atom. The number of nitrogens with two attached hydrogens (primary N) is 1. The average molecular weight is 264 g/mol. The minimum absolute atomic E-state index is 0.0984. The van der Waals surface area contributed by atoms with Crippen LogP contribution in [-0.2, 0) is 0 Å². The second-order valence-electron chi connectivity index (χ2n) is 4.70. The van der Waals surface area contributed by atoms with Gasteiger partial charge in [-0.1, -0.05) is 36.4 Å². The Morgan fingerprint density at radius 2 is 1.90 bits per heavy atom. The molecule has 0 fully saturated rings. The molecule has 0 aliphatic rings. The number of hydrogen-bond acceptors (Lipinski definition) is 3. The van der Waals surface area contributed by atoms with Crippen LogP contribution in [0.3, 0.4) is 0 Å². The smallest absolute Gasteiger partial charge is 0.227 e. The highest BCUT2D eigenvalue weighted by Gasteiger charge is 2.15. The van der Waals surface area contributed by atoms with Gasteiger partial charge in [0.2, 0.25) is 5.89 Å². The van der Waals surface area contributed by atoms with Crippen LogP contribution < -0.4 is 5.73 Å². The second kappa shape index (κ2) is 5.31. The van der Waals surface area contributed by atoms with E-state index in [2.05, 4.69) is 11.6 Å². The van der Waals surface area contributed by atoms with Gasteiger partial charge in [0.05, 0.1) is 0 Å². The lowest BCUT2D eigenvalue weighted by molar-refractivity contribution is 0.616. The molecule has 2 aromatic carbocycles. The number of oxazole rings is 1. The third-order valence-electron chi connectivity index (χ3n) is 3.31. The van der Waals surface area contributed by atoms with E-state index in [0.29, 0.717) is 5.89 Å². The Kier molecular flexibility index (Phi) is 3.35. The molecule has 0 radical (unpaired) electrons. The van der Waals surface area contributed by atoms with Crippen molar-refractivity contribution in [2.75, 3.05) is 0 Å². The fraction of sp³-hybridized carbons (Fsp3) is 0.118. The van der Waals surface area contributed by atoms with Crippen molar-refractivity contribution >= 4 is 11.1 Å². The van der Waals surface area contributed by atoms with Gasteiger partial charge in [0.25, 0.3) is 0 Å². The number of rotatable bonds is 4. The molecule has 0 spiro atoms. The van der Waals surface area contributed by atoms with Gasteiger partial charge in [-0.25, -0.2) is 4.98 Å². The van der Waals surface area contributed by atoms with E-state index in [9.17, 15) is 0 Å². The van der Waals surface area contributed by atoms with Crippen LogP contribution >= 0.6 is 0 Å². The van der Waals surface area contributed by atoms with Crippen LogP contribution in [0.15, 0.2) is 65.6 Å². The van der Waals surface area contributed by atoms with Crippen molar-refractivity contribution in [1.29, 1.82) is 0 Å². The molecule has 1 unspecified atom stereocenters. The van der Waals surface area contributed by atoms with Gasteiger partial charge >= 0.3 is 0 Å². The highest BCUT2D eigenvalue weighted by molar-refractivity contribution is 5.76. The third kappa shape index (κ3) is 2.24. The Balaban J connectivity index is 2.11. The number of aromatic nitrogens is 1. The highest BCUT2D eigenvalue weighted by Crippen LogP contribution is 2.30. The topological polar surface area (TPSA) is 52.0 Å². The quantitative estimate of drug-likeness (QED) is 0.723. The summed E-state index contributed by atoms with van der Waals surface area (Å²) in [5, 5.41) is 0. The largest absolute Gasteiger partial charge is 0.436 e. The van der Waals surface area contributed by atoms with Gasteiger partial charge in [-0.15, -0.1) is 6.58 Å². The minimum Gasteiger partial charge on any atom is -0.436 e. The molecule has 3 aromatic rings. The van der Waals surface area contributed by atoms with Gasteiger partial charge in [-0.05, 0) is 30.2 Å². The van der Waals surface area contributed by atoms with Gasteiger partial charge in [-0.3, -0.25) is 0 Å². The summed E-state index contributed by atoms with van der Waals surface area (Å²) in [4.78, 5) is 4.54. The molecule has 3 nitrogen and oxygen atoms in total. The zero-order chi connectivity index (χ0) is 13.9. The molecular formula is C17H16N2O. The first kappa shape index (κ1) is 12.6. The molecule has 2 N–H and O–H groups in total. The molecule has 20 heavy (non-hydrogen) atoms. The monoisotopic (exact) mass is 264 g/mol. The summed E-state index contributed by atoms with van der Waals surface area (Å²) in [7, 11) is 0. The Morgan fingerprint density at radius 3 is 2.70 bits per heavy atom. The minimum atomic E-state index is -0.0984. The maximum absolute atomic E-state index is 6.20. The first-order chi connectivity index (χ1) is 9.79. The van der Waals surface area contributed by atoms with Gasteiger partial charge in [0.1, 0.15) is 5.52 Å². The van der Waals surface area contributed by atoms with Crippen molar-refractivity contribution < 1.29 is 4.42 Å². The maximum atomic E-state index is 6.20. The van der Waals surface area contributed by atoms with Crippen LogP contribution in [-0.4, -0.2) is 4.98 Å². The predicted molar refractivity (Wildman–Crippen MR) is 81.2 cm³/mol. The van der Waals surface area contributed by atoms with Crippen LogP contribution in [0.5, 0.6) is 0 Å². The van der Waals surface area contributed by atoms with Crippen molar-refractivity contribution in [3.63, 3.8) is 0 Å². The third-order valence-corrected chi connectivity index (χ3v) is 3.31. The molecule has 3 rings (SSSR count). The molecule has 3 heteroatoms. The number of fused-ring (bicyclic) bond motifs is 1. The van der Waals surface area contributed by atoms with Crippen LogP contribution in [0, 0.1) is 0 Å². The molecular weight excluding hydrogens is 248 g/mol. The highest BCUT2D eigenvalue weighted by atomic mass is 16.3. The standard InChI is InChI=1S/C17H16N2O/c1-2-7-14(18)12-8-3-4-9-13(12)17-19-15-10-5-6-11-16(15)20-17/h2-6,8-11,14H,1,7,18H2. The summed E-state index contributed by atoms with van der Waals surface area (Å²) >= 11 is 0. The van der Waals surface area contributed by atoms with E-state index in [1.54, 1.807) is 0 Å². The zero-order valence-corrected chi connectivity index (χ0v) is 11.1. The molecule has 0 amide bonds. The van der Waals surface area contributed by atoms with Gasteiger partial charge in [-0.2, -0.15) is 0 Å². The molecule has 100 valence electrons. The number of nitrogens with zero attached hydrogens (tertiary/aromatic N) is 1. The van der Waals surface area contributed by atoms with E-state index >= 15 is 0 Å². The van der Waals surface area contributed by atoms with E-state index in [-0.39, 0.29) is 6.04 Å². The van der Waals surface area contributed by atoms with E-state index in [0.717, 1.165) is 28.6 Å². The average Bonchev–Trinajstić information content (AvgIpc) is 2.91. The summed E-state index contributed by atoms with van der Waals surface area (Å²) in [6, 6.07) is 15.6. The second-order valence-corrected chi connectivity index (χ2v) is 4.70. The summed E-state index contributed by atoms with van der Waals surface area (Å²) in [5.41, 5.74) is 9.81. The molecule has 1 atom stereocenters. The van der Waals surface area contributed by atoms with Crippen LogP contribution in [0.25, 0.3) is 22.6 Å². The molecule has 0 aliphatic heterocycles. The Hall–Kier alpha value is -2.39. The normalized spacial score (nSPS) is 12.4. The first-order valence-electron chi connectivity index (χ1n) is 6.61. The lowest BCUT2D eigenvalue weighted by Gasteiger charge is -2.12.